The molecule has 0 unspecified atom stereocenters. The molecule has 100 valence electrons. The topological polar surface area (TPSA) is 64.8 Å². The normalized spacial score (nSPS) is 21.6. The minimum atomic E-state index is -3.24. The van der Waals surface area contributed by atoms with E-state index in [4.69, 9.17) is 0 Å². The standard InChI is InChI=1S/C12H19N3O2S/c16-18(17,11-6-7-11)15-9-13-12(14-15)8-5-10-3-1-2-4-10/h9-11H,1-8H2. The van der Waals surface area contributed by atoms with Crippen molar-refractivity contribution in [3.63, 3.8) is 0 Å². The third kappa shape index (κ3) is 2.43. The molecule has 18 heavy (non-hydrogen) atoms. The zero-order valence-electron chi connectivity index (χ0n) is 10.5. The summed E-state index contributed by atoms with van der Waals surface area (Å²) in [6.45, 7) is 0. The van der Waals surface area contributed by atoms with E-state index in [1.807, 2.05) is 0 Å². The van der Waals surface area contributed by atoms with Crippen LogP contribution in [0.1, 0.15) is 50.8 Å². The van der Waals surface area contributed by atoms with Crippen molar-refractivity contribution >= 4 is 10.0 Å². The molecule has 0 amide bonds. The van der Waals surface area contributed by atoms with E-state index in [9.17, 15) is 8.42 Å². The SMILES string of the molecule is O=S(=O)(C1CC1)n1cnc(CCC2CCCC2)n1. The number of aryl methyl sites for hydroxylation is 1. The van der Waals surface area contributed by atoms with Gasteiger partial charge in [0.2, 0.25) is 0 Å². The van der Waals surface area contributed by atoms with Gasteiger partial charge in [-0.25, -0.2) is 13.4 Å². The van der Waals surface area contributed by atoms with E-state index in [1.165, 1.54) is 32.0 Å². The zero-order chi connectivity index (χ0) is 12.6. The van der Waals surface area contributed by atoms with Gasteiger partial charge in [0.15, 0.2) is 5.82 Å². The summed E-state index contributed by atoms with van der Waals surface area (Å²) >= 11 is 0. The van der Waals surface area contributed by atoms with Gasteiger partial charge in [-0.3, -0.25) is 0 Å². The van der Waals surface area contributed by atoms with Crippen LogP contribution >= 0.6 is 0 Å². The van der Waals surface area contributed by atoms with Crippen LogP contribution in [-0.4, -0.2) is 27.8 Å². The smallest absolute Gasteiger partial charge is 0.219 e. The summed E-state index contributed by atoms with van der Waals surface area (Å²) in [5.74, 6) is 1.46. The Hall–Kier alpha value is -0.910. The third-order valence-electron chi connectivity index (χ3n) is 3.98. The molecule has 0 aliphatic heterocycles. The molecule has 6 heteroatoms. The van der Waals surface area contributed by atoms with Gasteiger partial charge >= 0.3 is 0 Å². The molecule has 0 radical (unpaired) electrons. The Kier molecular flexibility index (Phi) is 3.13. The lowest BCUT2D eigenvalue weighted by atomic mass is 10.0. The Morgan fingerprint density at radius 1 is 1.22 bits per heavy atom. The predicted octanol–water partition coefficient (Wildman–Crippen LogP) is 1.74. The van der Waals surface area contributed by atoms with Crippen molar-refractivity contribution in [2.45, 2.75) is 56.6 Å². The molecular formula is C12H19N3O2S. The molecule has 2 saturated carbocycles. The Balaban J connectivity index is 1.62. The van der Waals surface area contributed by atoms with E-state index in [0.29, 0.717) is 5.82 Å². The lowest BCUT2D eigenvalue weighted by Crippen LogP contribution is -2.18. The van der Waals surface area contributed by atoms with Crippen molar-refractivity contribution in [1.82, 2.24) is 14.2 Å². The van der Waals surface area contributed by atoms with Crippen LogP contribution in [0.15, 0.2) is 6.33 Å². The van der Waals surface area contributed by atoms with Crippen molar-refractivity contribution in [3.8, 4) is 0 Å². The third-order valence-corrected chi connectivity index (χ3v) is 5.99. The first-order valence-electron chi connectivity index (χ1n) is 6.81. The van der Waals surface area contributed by atoms with Crippen LogP contribution in [-0.2, 0) is 16.4 Å². The number of hydrogen-bond donors (Lipinski definition) is 0. The molecule has 0 saturated heterocycles. The number of hydrogen-bond acceptors (Lipinski definition) is 4. The summed E-state index contributed by atoms with van der Waals surface area (Å²) in [5.41, 5.74) is 0. The molecule has 0 atom stereocenters. The van der Waals surface area contributed by atoms with Gasteiger partial charge in [-0.2, -0.15) is 0 Å². The summed E-state index contributed by atoms with van der Waals surface area (Å²) in [5, 5.41) is 3.90. The van der Waals surface area contributed by atoms with Crippen LogP contribution in [0.25, 0.3) is 0 Å². The summed E-state index contributed by atoms with van der Waals surface area (Å²) in [6, 6.07) is 0. The van der Waals surface area contributed by atoms with Crippen molar-refractivity contribution in [2.75, 3.05) is 0 Å². The molecule has 2 aliphatic carbocycles. The van der Waals surface area contributed by atoms with Crippen molar-refractivity contribution in [3.05, 3.63) is 12.2 Å². The number of aromatic nitrogens is 3. The van der Waals surface area contributed by atoms with E-state index in [-0.39, 0.29) is 5.25 Å². The van der Waals surface area contributed by atoms with Crippen LogP contribution in [0.5, 0.6) is 0 Å². The van der Waals surface area contributed by atoms with E-state index in [2.05, 4.69) is 10.1 Å². The lowest BCUT2D eigenvalue weighted by molar-refractivity contribution is 0.496. The second kappa shape index (κ2) is 4.64. The average Bonchev–Trinajstić information content (AvgIpc) is 2.91. The van der Waals surface area contributed by atoms with E-state index in [0.717, 1.165) is 35.7 Å². The van der Waals surface area contributed by atoms with Crippen molar-refractivity contribution in [2.24, 2.45) is 5.92 Å². The fraction of sp³-hybridized carbons (Fsp3) is 0.833. The van der Waals surface area contributed by atoms with Crippen LogP contribution in [0, 0.1) is 5.92 Å². The maximum atomic E-state index is 11.9. The fourth-order valence-electron chi connectivity index (χ4n) is 2.67. The van der Waals surface area contributed by atoms with Crippen LogP contribution in [0.3, 0.4) is 0 Å². The average molecular weight is 269 g/mol. The van der Waals surface area contributed by atoms with Gasteiger partial charge in [0, 0.05) is 6.42 Å². The van der Waals surface area contributed by atoms with E-state index in [1.54, 1.807) is 0 Å². The molecule has 2 aliphatic rings. The van der Waals surface area contributed by atoms with Crippen molar-refractivity contribution in [1.29, 1.82) is 0 Å². The number of rotatable bonds is 5. The molecule has 1 aromatic heterocycles. The summed E-state index contributed by atoms with van der Waals surface area (Å²) in [6.07, 6.45) is 10.1. The molecule has 3 rings (SSSR count). The fourth-order valence-corrected chi connectivity index (χ4v) is 4.09. The highest BCUT2D eigenvalue weighted by Crippen LogP contribution is 2.30. The van der Waals surface area contributed by atoms with E-state index < -0.39 is 10.0 Å². The Bertz CT molecular complexity index is 513. The molecule has 0 spiro atoms. The summed E-state index contributed by atoms with van der Waals surface area (Å²) < 4.78 is 24.9. The van der Waals surface area contributed by atoms with E-state index >= 15 is 0 Å². The quantitative estimate of drug-likeness (QED) is 0.816. The Labute approximate surface area is 108 Å². The van der Waals surface area contributed by atoms with Gasteiger partial charge in [-0.15, -0.1) is 9.19 Å². The van der Waals surface area contributed by atoms with Crippen molar-refractivity contribution < 1.29 is 8.42 Å². The van der Waals surface area contributed by atoms with Gasteiger partial charge in [0.1, 0.15) is 6.33 Å². The van der Waals surface area contributed by atoms with Gasteiger partial charge in [0.25, 0.3) is 10.0 Å². The van der Waals surface area contributed by atoms with Crippen LogP contribution < -0.4 is 0 Å². The minimum absolute atomic E-state index is 0.220. The monoisotopic (exact) mass is 269 g/mol. The Morgan fingerprint density at radius 3 is 2.61 bits per heavy atom. The molecule has 1 heterocycles. The maximum Gasteiger partial charge on any atom is 0.258 e. The highest BCUT2D eigenvalue weighted by Gasteiger charge is 2.37. The zero-order valence-corrected chi connectivity index (χ0v) is 11.3. The molecule has 0 aromatic carbocycles. The van der Waals surface area contributed by atoms with Crippen LogP contribution in [0.4, 0.5) is 0 Å². The summed E-state index contributed by atoms with van der Waals surface area (Å²) in [4.78, 5) is 4.13. The Morgan fingerprint density at radius 2 is 1.94 bits per heavy atom. The lowest BCUT2D eigenvalue weighted by Gasteiger charge is -2.05. The first-order chi connectivity index (χ1) is 8.66. The summed E-state index contributed by atoms with van der Waals surface area (Å²) in [7, 11) is -3.24. The van der Waals surface area contributed by atoms with Gasteiger partial charge in [-0.05, 0) is 25.2 Å². The highest BCUT2D eigenvalue weighted by atomic mass is 32.2. The first kappa shape index (κ1) is 12.1. The minimum Gasteiger partial charge on any atom is -0.219 e. The van der Waals surface area contributed by atoms with Gasteiger partial charge in [0.05, 0.1) is 5.25 Å². The molecule has 1 aromatic rings. The first-order valence-corrected chi connectivity index (χ1v) is 8.31. The largest absolute Gasteiger partial charge is 0.258 e. The predicted molar refractivity (Wildman–Crippen MR) is 67.6 cm³/mol. The van der Waals surface area contributed by atoms with Crippen LogP contribution in [0.2, 0.25) is 0 Å². The molecule has 0 bridgehead atoms. The molecule has 5 nitrogen and oxygen atoms in total. The maximum absolute atomic E-state index is 11.9. The van der Waals surface area contributed by atoms with Gasteiger partial charge in [-0.1, -0.05) is 25.7 Å². The highest BCUT2D eigenvalue weighted by molar-refractivity contribution is 7.90. The molecule has 2 fully saturated rings. The van der Waals surface area contributed by atoms with Gasteiger partial charge < -0.3 is 0 Å². The second-order valence-corrected chi connectivity index (χ2v) is 7.54. The molecule has 0 N–H and O–H groups in total. The molecular weight excluding hydrogens is 250 g/mol. The second-order valence-electron chi connectivity index (χ2n) is 5.47. The number of nitrogens with zero attached hydrogens (tertiary/aromatic N) is 3.